The number of pyridine rings is 2. The molecule has 49 heavy (non-hydrogen) atoms. The first-order chi connectivity index (χ1) is 23.6. The second kappa shape index (κ2) is 15.3. The molecule has 264 valence electrons. The van der Waals surface area contributed by atoms with Crippen LogP contribution in [-0.4, -0.2) is 94.5 Å². The molecule has 3 aromatic rings. The van der Waals surface area contributed by atoms with Gasteiger partial charge in [0.1, 0.15) is 17.7 Å². The van der Waals surface area contributed by atoms with Gasteiger partial charge in [-0.3, -0.25) is 19.4 Å². The Hall–Kier alpha value is -3.99. The van der Waals surface area contributed by atoms with Gasteiger partial charge in [0.25, 0.3) is 0 Å². The highest BCUT2D eigenvalue weighted by atomic mass is 16.6. The molecule has 3 aromatic heterocycles. The van der Waals surface area contributed by atoms with Crippen molar-refractivity contribution >= 4 is 17.8 Å². The fourth-order valence-electron chi connectivity index (χ4n) is 7.52. The second-order valence-corrected chi connectivity index (χ2v) is 14.8. The lowest BCUT2D eigenvalue weighted by molar-refractivity contribution is -0.124. The fraction of sp³-hybridized carbons (Fsp3) is 0.605. The lowest BCUT2D eigenvalue weighted by Crippen LogP contribution is -2.59. The molecule has 2 saturated carbocycles. The molecule has 3 aliphatic rings. The second-order valence-electron chi connectivity index (χ2n) is 14.8. The van der Waals surface area contributed by atoms with Crippen LogP contribution in [0, 0.1) is 18.8 Å². The molecular formula is C38H53N7O4. The average molecular weight is 672 g/mol. The predicted molar refractivity (Wildman–Crippen MR) is 190 cm³/mol. The topological polar surface area (TPSA) is 106 Å². The van der Waals surface area contributed by atoms with E-state index in [4.69, 9.17) is 19.4 Å². The number of likely N-dealkylation sites (tertiary alicyclic amines) is 1. The van der Waals surface area contributed by atoms with Crippen LogP contribution in [0.25, 0.3) is 11.1 Å². The van der Waals surface area contributed by atoms with Crippen molar-refractivity contribution in [1.29, 1.82) is 0 Å². The smallest absolute Gasteiger partial charge is 0.410 e. The molecule has 0 radical (unpaired) electrons. The van der Waals surface area contributed by atoms with E-state index in [-0.39, 0.29) is 30.1 Å². The molecule has 6 rings (SSSR count). The number of carbonyl (C=O) groups is 2. The van der Waals surface area contributed by atoms with Crippen LogP contribution in [0.5, 0.6) is 5.75 Å². The molecule has 2 aliphatic carbocycles. The zero-order chi connectivity index (χ0) is 34.7. The van der Waals surface area contributed by atoms with Gasteiger partial charge in [-0.25, -0.2) is 9.78 Å². The Morgan fingerprint density at radius 2 is 1.71 bits per heavy atom. The number of ether oxygens (including phenoxy) is 2. The van der Waals surface area contributed by atoms with Crippen LogP contribution in [0.1, 0.15) is 88.6 Å². The molecule has 2 amide bonds. The largest absolute Gasteiger partial charge is 0.495 e. The van der Waals surface area contributed by atoms with Crippen LogP contribution < -0.4 is 9.64 Å². The van der Waals surface area contributed by atoms with E-state index in [9.17, 15) is 9.59 Å². The number of hydrogen-bond donors (Lipinski definition) is 0. The van der Waals surface area contributed by atoms with E-state index < -0.39 is 0 Å². The van der Waals surface area contributed by atoms with Crippen LogP contribution in [0.2, 0.25) is 0 Å². The van der Waals surface area contributed by atoms with E-state index in [0.29, 0.717) is 69.0 Å². The summed E-state index contributed by atoms with van der Waals surface area (Å²) in [6.07, 6.45) is 12.3. The Morgan fingerprint density at radius 1 is 0.980 bits per heavy atom. The highest BCUT2D eigenvalue weighted by Crippen LogP contribution is 2.38. The van der Waals surface area contributed by atoms with Crippen LogP contribution in [0.4, 0.5) is 10.6 Å². The van der Waals surface area contributed by atoms with Crippen LogP contribution in [-0.2, 0) is 9.53 Å². The Balaban J connectivity index is 1.13. The van der Waals surface area contributed by atoms with E-state index in [1.54, 1.807) is 18.2 Å². The molecule has 0 spiro atoms. The van der Waals surface area contributed by atoms with Crippen molar-refractivity contribution in [2.45, 2.75) is 96.2 Å². The summed E-state index contributed by atoms with van der Waals surface area (Å²) in [5.41, 5.74) is 4.06. The number of nitrogens with zero attached hydrogens (tertiary/aromatic N) is 7. The first kappa shape index (κ1) is 34.9. The highest BCUT2D eigenvalue weighted by Gasteiger charge is 2.37. The van der Waals surface area contributed by atoms with Gasteiger partial charge in [-0.1, -0.05) is 0 Å². The van der Waals surface area contributed by atoms with Gasteiger partial charge in [0.05, 0.1) is 19.0 Å². The third-order valence-electron chi connectivity index (χ3n) is 10.9. The number of likely N-dealkylation sites (N-methyl/N-ethyl adjacent to an activating group) is 1. The lowest BCUT2D eigenvalue weighted by atomic mass is 9.79. The number of rotatable bonds is 10. The van der Waals surface area contributed by atoms with E-state index in [1.165, 1.54) is 0 Å². The maximum Gasteiger partial charge on any atom is 0.410 e. The summed E-state index contributed by atoms with van der Waals surface area (Å²) in [5, 5.41) is 4.54. The minimum absolute atomic E-state index is 0.124. The van der Waals surface area contributed by atoms with E-state index in [0.717, 1.165) is 53.9 Å². The quantitative estimate of drug-likeness (QED) is 0.241. The number of aromatic nitrogens is 4. The highest BCUT2D eigenvalue weighted by molar-refractivity contribution is 5.94. The summed E-state index contributed by atoms with van der Waals surface area (Å²) in [4.78, 5) is 42.6. The first-order valence-electron chi connectivity index (χ1n) is 18.0. The fourth-order valence-corrected chi connectivity index (χ4v) is 7.52. The van der Waals surface area contributed by atoms with Gasteiger partial charge in [0.15, 0.2) is 0 Å². The van der Waals surface area contributed by atoms with Gasteiger partial charge < -0.3 is 19.3 Å². The summed E-state index contributed by atoms with van der Waals surface area (Å²) in [6.45, 7) is 8.26. The Morgan fingerprint density at radius 3 is 2.35 bits per heavy atom. The standard InChI is InChI=1S/C38H53N7O4/c1-25(2)45-22-31(20-40-45)30-17-18-39-36(19-30)44(21-27-7-9-28(10-8-27)34-15-16-35(48-6)26(3)41-34)37(46)29-11-13-33(14-12-29)49-38(47)43-23-32(24-43)42(4)5/h15-20,22,25,27-29,32-33H,7-14,21,23-24H2,1-6H3. The van der Waals surface area contributed by atoms with E-state index in [1.807, 2.05) is 55.0 Å². The monoisotopic (exact) mass is 671 g/mol. The van der Waals surface area contributed by atoms with Crippen molar-refractivity contribution in [2.24, 2.45) is 11.8 Å². The Bertz CT molecular complexity index is 1580. The normalized spacial score (nSPS) is 23.0. The minimum Gasteiger partial charge on any atom is -0.495 e. The molecule has 0 bridgehead atoms. The Kier molecular flexibility index (Phi) is 10.9. The van der Waals surface area contributed by atoms with Gasteiger partial charge in [0.2, 0.25) is 5.91 Å². The number of methoxy groups -OCH3 is 1. The minimum atomic E-state index is -0.230. The predicted octanol–water partition coefficient (Wildman–Crippen LogP) is 6.49. The Labute approximate surface area is 291 Å². The zero-order valence-corrected chi connectivity index (χ0v) is 30.0. The SMILES string of the molecule is COc1ccc(C2CCC(CN(C(=O)C3CCC(OC(=O)N4CC(N(C)C)C4)CC3)c3cc(-c4cnn(C(C)C)c4)ccn3)CC2)nc1C. The van der Waals surface area contributed by atoms with Crippen molar-refractivity contribution in [1.82, 2.24) is 29.5 Å². The summed E-state index contributed by atoms with van der Waals surface area (Å²) in [5.74, 6) is 2.28. The average Bonchev–Trinajstić information content (AvgIpc) is 3.58. The lowest BCUT2D eigenvalue weighted by Gasteiger charge is -2.42. The molecule has 1 aliphatic heterocycles. The number of hydrogen-bond acceptors (Lipinski definition) is 8. The van der Waals surface area contributed by atoms with Crippen molar-refractivity contribution in [3.05, 3.63) is 54.2 Å². The molecule has 4 heterocycles. The number of anilines is 1. The summed E-state index contributed by atoms with van der Waals surface area (Å²) >= 11 is 0. The summed E-state index contributed by atoms with van der Waals surface area (Å²) in [7, 11) is 5.75. The van der Waals surface area contributed by atoms with Crippen molar-refractivity contribution in [3.8, 4) is 16.9 Å². The van der Waals surface area contributed by atoms with Crippen molar-refractivity contribution in [2.75, 3.05) is 45.7 Å². The summed E-state index contributed by atoms with van der Waals surface area (Å²) in [6, 6.07) is 8.80. The van der Waals surface area contributed by atoms with Crippen LogP contribution in [0.15, 0.2) is 42.9 Å². The van der Waals surface area contributed by atoms with Gasteiger partial charge >= 0.3 is 6.09 Å². The molecule has 11 heteroatoms. The maximum atomic E-state index is 14.4. The molecule has 11 nitrogen and oxygen atoms in total. The van der Waals surface area contributed by atoms with Gasteiger partial charge in [0, 0.05) is 67.2 Å². The zero-order valence-electron chi connectivity index (χ0n) is 30.0. The molecule has 0 N–H and O–H groups in total. The molecular weight excluding hydrogens is 618 g/mol. The van der Waals surface area contributed by atoms with Gasteiger partial charge in [-0.05, 0) is 122 Å². The molecule has 0 unspecified atom stereocenters. The van der Waals surface area contributed by atoms with E-state index in [2.05, 4.69) is 36.1 Å². The molecule has 3 fully saturated rings. The summed E-state index contributed by atoms with van der Waals surface area (Å²) < 4.78 is 13.3. The van der Waals surface area contributed by atoms with Crippen LogP contribution >= 0.6 is 0 Å². The van der Waals surface area contributed by atoms with Crippen molar-refractivity contribution in [3.63, 3.8) is 0 Å². The maximum absolute atomic E-state index is 14.4. The number of amides is 2. The molecule has 0 aromatic carbocycles. The molecule has 1 saturated heterocycles. The molecule has 0 atom stereocenters. The third-order valence-corrected chi connectivity index (χ3v) is 10.9. The number of carbonyl (C=O) groups excluding carboxylic acids is 2. The van der Waals surface area contributed by atoms with Crippen LogP contribution in [0.3, 0.4) is 0 Å². The third kappa shape index (κ3) is 8.09. The van der Waals surface area contributed by atoms with E-state index >= 15 is 0 Å². The van der Waals surface area contributed by atoms with Gasteiger partial charge in [-0.15, -0.1) is 0 Å². The van der Waals surface area contributed by atoms with Gasteiger partial charge in [-0.2, -0.15) is 5.10 Å². The number of aryl methyl sites for hydroxylation is 1. The first-order valence-corrected chi connectivity index (χ1v) is 18.0. The van der Waals surface area contributed by atoms with Crippen molar-refractivity contribution < 1.29 is 19.1 Å².